The van der Waals surface area contributed by atoms with Gasteiger partial charge in [0.25, 0.3) is 0 Å². The Bertz CT molecular complexity index is 818. The van der Waals surface area contributed by atoms with Gasteiger partial charge in [-0.25, -0.2) is 0 Å². The van der Waals surface area contributed by atoms with Crippen LogP contribution < -0.4 is 20.1 Å². The van der Waals surface area contributed by atoms with Crippen molar-refractivity contribution in [1.29, 1.82) is 0 Å². The molecule has 0 aromatic heterocycles. The standard InChI is InChI=1S/C23H32N4O3/c1-24-23(26-16-20-8-9-21(28-2)14-22(20)29-3)25-15-18-4-6-19(7-5-18)17-27-10-12-30-13-11-27/h4-9,14H,10-13,15-17H2,1-3H3,(H2,24,25,26). The SMILES string of the molecule is CN=C(NCc1ccc(CN2CCOCC2)cc1)NCc1ccc(OC)cc1OC. The van der Waals surface area contributed by atoms with E-state index in [0.29, 0.717) is 13.1 Å². The summed E-state index contributed by atoms with van der Waals surface area (Å²) in [4.78, 5) is 6.74. The minimum absolute atomic E-state index is 0.603. The van der Waals surface area contributed by atoms with Crippen LogP contribution in [0.3, 0.4) is 0 Å². The van der Waals surface area contributed by atoms with Crippen LogP contribution in [0.1, 0.15) is 16.7 Å². The summed E-state index contributed by atoms with van der Waals surface area (Å²) in [6, 6.07) is 14.5. The summed E-state index contributed by atoms with van der Waals surface area (Å²) in [5.74, 6) is 2.30. The van der Waals surface area contributed by atoms with E-state index in [1.807, 2.05) is 18.2 Å². The van der Waals surface area contributed by atoms with Crippen molar-refractivity contribution in [3.05, 3.63) is 59.2 Å². The Balaban J connectivity index is 1.48. The molecule has 1 heterocycles. The fourth-order valence-corrected chi connectivity index (χ4v) is 3.36. The maximum Gasteiger partial charge on any atom is 0.191 e. The van der Waals surface area contributed by atoms with Gasteiger partial charge >= 0.3 is 0 Å². The van der Waals surface area contributed by atoms with Crippen LogP contribution in [-0.2, 0) is 24.4 Å². The van der Waals surface area contributed by atoms with Gasteiger partial charge in [0.2, 0.25) is 0 Å². The summed E-state index contributed by atoms with van der Waals surface area (Å²) in [7, 11) is 5.08. The van der Waals surface area contributed by atoms with Crippen LogP contribution in [0.2, 0.25) is 0 Å². The number of nitrogens with one attached hydrogen (secondary N) is 2. The third kappa shape index (κ3) is 6.37. The number of rotatable bonds is 8. The minimum Gasteiger partial charge on any atom is -0.497 e. The highest BCUT2D eigenvalue weighted by molar-refractivity contribution is 5.79. The summed E-state index contributed by atoms with van der Waals surface area (Å²) in [5, 5.41) is 6.70. The smallest absolute Gasteiger partial charge is 0.191 e. The summed E-state index contributed by atoms with van der Waals surface area (Å²) >= 11 is 0. The first-order chi connectivity index (χ1) is 14.7. The second-order valence-electron chi connectivity index (χ2n) is 7.16. The first-order valence-corrected chi connectivity index (χ1v) is 10.2. The van der Waals surface area contributed by atoms with Crippen LogP contribution in [-0.4, -0.2) is 58.4 Å². The molecule has 0 amide bonds. The van der Waals surface area contributed by atoms with E-state index < -0.39 is 0 Å². The van der Waals surface area contributed by atoms with Gasteiger partial charge < -0.3 is 24.8 Å². The molecule has 30 heavy (non-hydrogen) atoms. The molecular formula is C23H32N4O3. The van der Waals surface area contributed by atoms with E-state index in [2.05, 4.69) is 44.8 Å². The van der Waals surface area contributed by atoms with Gasteiger partial charge in [-0.1, -0.05) is 24.3 Å². The van der Waals surface area contributed by atoms with Crippen LogP contribution in [0.25, 0.3) is 0 Å². The second kappa shape index (κ2) is 11.4. The Morgan fingerprint density at radius 1 is 0.967 bits per heavy atom. The lowest BCUT2D eigenvalue weighted by Gasteiger charge is -2.26. The van der Waals surface area contributed by atoms with Crippen LogP contribution in [0, 0.1) is 0 Å². The average molecular weight is 413 g/mol. The molecule has 0 saturated carbocycles. The van der Waals surface area contributed by atoms with Crippen molar-refractivity contribution in [2.45, 2.75) is 19.6 Å². The van der Waals surface area contributed by atoms with Gasteiger partial charge in [-0.2, -0.15) is 0 Å². The molecule has 7 heteroatoms. The predicted molar refractivity (Wildman–Crippen MR) is 119 cm³/mol. The Morgan fingerprint density at radius 2 is 1.67 bits per heavy atom. The molecule has 1 fully saturated rings. The molecule has 162 valence electrons. The van der Waals surface area contributed by atoms with E-state index in [-0.39, 0.29) is 0 Å². The molecular weight excluding hydrogens is 380 g/mol. The Morgan fingerprint density at radius 3 is 2.33 bits per heavy atom. The molecule has 7 nitrogen and oxygen atoms in total. The Labute approximate surface area is 179 Å². The van der Waals surface area contributed by atoms with E-state index in [9.17, 15) is 0 Å². The maximum absolute atomic E-state index is 5.46. The highest BCUT2D eigenvalue weighted by Crippen LogP contribution is 2.24. The Kier molecular flexibility index (Phi) is 8.35. The Hall–Kier alpha value is -2.77. The number of methoxy groups -OCH3 is 2. The summed E-state index contributed by atoms with van der Waals surface area (Å²) in [6.07, 6.45) is 0. The number of hydrogen-bond acceptors (Lipinski definition) is 5. The number of benzene rings is 2. The molecule has 1 aliphatic heterocycles. The highest BCUT2D eigenvalue weighted by Gasteiger charge is 2.10. The molecule has 0 atom stereocenters. The van der Waals surface area contributed by atoms with Gasteiger partial charge in [-0.3, -0.25) is 9.89 Å². The number of guanidine groups is 1. The van der Waals surface area contributed by atoms with Gasteiger partial charge in [-0.15, -0.1) is 0 Å². The molecule has 0 bridgehead atoms. The molecule has 3 rings (SSSR count). The third-order valence-electron chi connectivity index (χ3n) is 5.16. The normalized spacial score (nSPS) is 15.0. The van der Waals surface area contributed by atoms with Gasteiger partial charge in [0.1, 0.15) is 11.5 Å². The van der Waals surface area contributed by atoms with E-state index >= 15 is 0 Å². The molecule has 2 aromatic carbocycles. The van der Waals surface area contributed by atoms with E-state index in [0.717, 1.165) is 55.9 Å². The van der Waals surface area contributed by atoms with Crippen LogP contribution in [0.15, 0.2) is 47.5 Å². The molecule has 0 radical (unpaired) electrons. The first-order valence-electron chi connectivity index (χ1n) is 10.2. The zero-order chi connectivity index (χ0) is 21.2. The van der Waals surface area contributed by atoms with Crippen molar-refractivity contribution < 1.29 is 14.2 Å². The van der Waals surface area contributed by atoms with E-state index in [1.54, 1.807) is 21.3 Å². The maximum atomic E-state index is 5.46. The topological polar surface area (TPSA) is 67.4 Å². The van der Waals surface area contributed by atoms with Crippen molar-refractivity contribution in [2.24, 2.45) is 4.99 Å². The molecule has 0 aliphatic carbocycles. The first kappa shape index (κ1) is 21.9. The van der Waals surface area contributed by atoms with Crippen LogP contribution >= 0.6 is 0 Å². The largest absolute Gasteiger partial charge is 0.497 e. The third-order valence-corrected chi connectivity index (χ3v) is 5.16. The van der Waals surface area contributed by atoms with E-state index in [4.69, 9.17) is 14.2 Å². The van der Waals surface area contributed by atoms with E-state index in [1.165, 1.54) is 11.1 Å². The van der Waals surface area contributed by atoms with Gasteiger partial charge in [0.05, 0.1) is 27.4 Å². The monoisotopic (exact) mass is 412 g/mol. The van der Waals surface area contributed by atoms with Crippen LogP contribution in [0.5, 0.6) is 11.5 Å². The van der Waals surface area contributed by atoms with Crippen molar-refractivity contribution in [3.8, 4) is 11.5 Å². The van der Waals surface area contributed by atoms with Crippen molar-refractivity contribution in [2.75, 3.05) is 47.6 Å². The summed E-state index contributed by atoms with van der Waals surface area (Å²) in [6.45, 7) is 5.95. The molecule has 2 aromatic rings. The predicted octanol–water partition coefficient (Wildman–Crippen LogP) is 2.40. The summed E-state index contributed by atoms with van der Waals surface area (Å²) < 4.78 is 16.1. The minimum atomic E-state index is 0.603. The lowest BCUT2D eigenvalue weighted by molar-refractivity contribution is 0.0342. The molecule has 2 N–H and O–H groups in total. The molecule has 0 unspecified atom stereocenters. The second-order valence-corrected chi connectivity index (χ2v) is 7.16. The van der Waals surface area contributed by atoms with Crippen molar-refractivity contribution in [1.82, 2.24) is 15.5 Å². The van der Waals surface area contributed by atoms with Crippen LogP contribution in [0.4, 0.5) is 0 Å². The zero-order valence-corrected chi connectivity index (χ0v) is 18.1. The van der Waals surface area contributed by atoms with Gasteiger partial charge in [0, 0.05) is 51.4 Å². The van der Waals surface area contributed by atoms with Gasteiger partial charge in [-0.05, 0) is 23.3 Å². The quantitative estimate of drug-likeness (QED) is 0.513. The molecule has 0 spiro atoms. The molecule has 1 aliphatic rings. The number of aliphatic imine (C=N–C) groups is 1. The number of ether oxygens (including phenoxy) is 3. The molecule has 1 saturated heterocycles. The fraction of sp³-hybridized carbons (Fsp3) is 0.435. The lowest BCUT2D eigenvalue weighted by Crippen LogP contribution is -2.36. The number of nitrogens with zero attached hydrogens (tertiary/aromatic N) is 2. The number of morpholine rings is 1. The zero-order valence-electron chi connectivity index (χ0n) is 18.1. The number of hydrogen-bond donors (Lipinski definition) is 2. The van der Waals surface area contributed by atoms with Gasteiger partial charge in [0.15, 0.2) is 5.96 Å². The lowest BCUT2D eigenvalue weighted by atomic mass is 10.1. The highest BCUT2D eigenvalue weighted by atomic mass is 16.5. The average Bonchev–Trinajstić information content (AvgIpc) is 2.80. The van der Waals surface area contributed by atoms with Crippen molar-refractivity contribution >= 4 is 5.96 Å². The van der Waals surface area contributed by atoms with Crippen molar-refractivity contribution in [3.63, 3.8) is 0 Å². The fourth-order valence-electron chi connectivity index (χ4n) is 3.36. The summed E-state index contributed by atoms with van der Waals surface area (Å²) in [5.41, 5.74) is 3.58.